The molecular formula is C14H10BrN5O3. The molecule has 0 spiro atoms. The first-order valence-electron chi connectivity index (χ1n) is 6.29. The van der Waals surface area contributed by atoms with Crippen molar-refractivity contribution in [2.24, 2.45) is 5.10 Å². The van der Waals surface area contributed by atoms with Crippen molar-refractivity contribution < 1.29 is 9.66 Å². The summed E-state index contributed by atoms with van der Waals surface area (Å²) >= 11 is 3.34. The molecule has 0 amide bonds. The molecule has 1 aromatic carbocycles. The van der Waals surface area contributed by atoms with Crippen molar-refractivity contribution >= 4 is 33.6 Å². The summed E-state index contributed by atoms with van der Waals surface area (Å²) in [5, 5.41) is 23.0. The number of pyridine rings is 1. The van der Waals surface area contributed by atoms with E-state index < -0.39 is 4.92 Å². The van der Waals surface area contributed by atoms with E-state index in [1.807, 2.05) is 6.07 Å². The van der Waals surface area contributed by atoms with Crippen molar-refractivity contribution in [3.8, 4) is 11.8 Å². The summed E-state index contributed by atoms with van der Waals surface area (Å²) in [6, 6.07) is 9.96. The molecular weight excluding hydrogens is 366 g/mol. The Morgan fingerprint density at radius 3 is 2.91 bits per heavy atom. The van der Waals surface area contributed by atoms with Crippen LogP contribution in [0.5, 0.6) is 5.75 Å². The van der Waals surface area contributed by atoms with E-state index in [-0.39, 0.29) is 12.3 Å². The summed E-state index contributed by atoms with van der Waals surface area (Å²) in [4.78, 5) is 13.9. The average molecular weight is 376 g/mol. The van der Waals surface area contributed by atoms with Crippen molar-refractivity contribution in [2.45, 2.75) is 0 Å². The largest absolute Gasteiger partial charge is 0.478 e. The van der Waals surface area contributed by atoms with Crippen LogP contribution in [-0.4, -0.2) is 22.7 Å². The summed E-state index contributed by atoms with van der Waals surface area (Å²) in [5.41, 5.74) is 3.37. The van der Waals surface area contributed by atoms with Crippen LogP contribution in [0.1, 0.15) is 5.56 Å². The number of hydrazone groups is 1. The van der Waals surface area contributed by atoms with Gasteiger partial charge in [0.25, 0.3) is 5.69 Å². The van der Waals surface area contributed by atoms with Crippen LogP contribution in [0.25, 0.3) is 0 Å². The van der Waals surface area contributed by atoms with Crippen LogP contribution in [0.3, 0.4) is 0 Å². The van der Waals surface area contributed by atoms with E-state index in [9.17, 15) is 10.1 Å². The van der Waals surface area contributed by atoms with E-state index in [1.165, 1.54) is 12.1 Å². The van der Waals surface area contributed by atoms with Crippen LogP contribution in [0, 0.1) is 21.4 Å². The number of hydrogen-bond acceptors (Lipinski definition) is 7. The Hall–Kier alpha value is -2.99. The van der Waals surface area contributed by atoms with Crippen molar-refractivity contribution in [1.82, 2.24) is 4.98 Å². The molecule has 2 rings (SSSR count). The highest BCUT2D eigenvalue weighted by molar-refractivity contribution is 9.10. The lowest BCUT2D eigenvalue weighted by Crippen LogP contribution is -1.96. The minimum Gasteiger partial charge on any atom is -0.478 e. The molecule has 1 heterocycles. The Morgan fingerprint density at radius 1 is 1.48 bits per heavy atom. The molecule has 0 radical (unpaired) electrons. The maximum Gasteiger partial charge on any atom is 0.287 e. The normalized spacial score (nSPS) is 10.3. The first-order valence-corrected chi connectivity index (χ1v) is 7.08. The highest BCUT2D eigenvalue weighted by Gasteiger charge is 2.04. The molecule has 8 nitrogen and oxygen atoms in total. The van der Waals surface area contributed by atoms with Gasteiger partial charge in [-0.15, -0.1) is 0 Å². The number of rotatable bonds is 6. The summed E-state index contributed by atoms with van der Waals surface area (Å²) in [7, 11) is 0. The molecule has 116 valence electrons. The average Bonchev–Trinajstić information content (AvgIpc) is 2.54. The van der Waals surface area contributed by atoms with Crippen molar-refractivity contribution in [1.29, 1.82) is 5.26 Å². The molecule has 0 fully saturated rings. The quantitative estimate of drug-likeness (QED) is 0.471. The molecule has 9 heteroatoms. The minimum absolute atomic E-state index is 0.0284. The summed E-state index contributed by atoms with van der Waals surface area (Å²) in [6.07, 6.45) is 2.71. The molecule has 1 aromatic heterocycles. The van der Waals surface area contributed by atoms with Gasteiger partial charge in [-0.25, -0.2) is 4.98 Å². The van der Waals surface area contributed by atoms with E-state index in [4.69, 9.17) is 10.00 Å². The van der Waals surface area contributed by atoms with Gasteiger partial charge in [0.1, 0.15) is 23.8 Å². The number of nitrogens with zero attached hydrogens (tertiary/aromatic N) is 4. The van der Waals surface area contributed by atoms with Gasteiger partial charge in [0.2, 0.25) is 0 Å². The Bertz CT molecular complexity index is 771. The zero-order valence-corrected chi connectivity index (χ0v) is 13.2. The Labute approximate surface area is 139 Å². The number of benzene rings is 1. The maximum atomic E-state index is 10.5. The fourth-order valence-electron chi connectivity index (χ4n) is 1.56. The third-order valence-electron chi connectivity index (χ3n) is 2.60. The number of nitro groups is 1. The number of ether oxygens (including phenoxy) is 1. The standard InChI is InChI=1S/C14H10BrN5O3/c15-12-7-10(1-3-13(12)23-6-5-16)8-18-19-14-4-2-11(9-17-14)20(21)22/h1-4,7-9H,6H2,(H,17,19)/b18-8-. The van der Waals surface area contributed by atoms with Crippen molar-refractivity contribution in [3.05, 3.63) is 56.7 Å². The molecule has 23 heavy (non-hydrogen) atoms. The SMILES string of the molecule is N#CCOc1ccc(/C=N\Nc2ccc([N+](=O)[O-])cn2)cc1Br. The molecule has 0 aliphatic heterocycles. The van der Waals surface area contributed by atoms with Gasteiger partial charge in [-0.2, -0.15) is 10.4 Å². The lowest BCUT2D eigenvalue weighted by Gasteiger charge is -2.05. The van der Waals surface area contributed by atoms with Gasteiger partial charge in [0, 0.05) is 6.07 Å². The second kappa shape index (κ2) is 7.86. The molecule has 0 unspecified atom stereocenters. The van der Waals surface area contributed by atoms with Crippen LogP contribution in [0.15, 0.2) is 46.1 Å². The van der Waals surface area contributed by atoms with Gasteiger partial charge in [-0.1, -0.05) is 0 Å². The summed E-state index contributed by atoms with van der Waals surface area (Å²) < 4.78 is 5.91. The number of halogens is 1. The van der Waals surface area contributed by atoms with Crippen LogP contribution in [-0.2, 0) is 0 Å². The van der Waals surface area contributed by atoms with Crippen molar-refractivity contribution in [2.75, 3.05) is 12.0 Å². The molecule has 2 aromatic rings. The fourth-order valence-corrected chi connectivity index (χ4v) is 2.07. The molecule has 0 bridgehead atoms. The van der Waals surface area contributed by atoms with E-state index >= 15 is 0 Å². The smallest absolute Gasteiger partial charge is 0.287 e. The third-order valence-corrected chi connectivity index (χ3v) is 3.22. The summed E-state index contributed by atoms with van der Waals surface area (Å²) in [6.45, 7) is -0.0284. The molecule has 0 aliphatic carbocycles. The molecule has 1 N–H and O–H groups in total. The van der Waals surface area contributed by atoms with E-state index in [2.05, 4.69) is 31.4 Å². The Kier molecular flexibility index (Phi) is 5.60. The van der Waals surface area contributed by atoms with Crippen LogP contribution in [0.4, 0.5) is 11.5 Å². The number of aromatic nitrogens is 1. The van der Waals surface area contributed by atoms with E-state index in [0.717, 1.165) is 11.8 Å². The maximum absolute atomic E-state index is 10.5. The number of anilines is 1. The first-order chi connectivity index (χ1) is 11.1. The number of nitrogens with one attached hydrogen (secondary N) is 1. The molecule has 0 aliphatic rings. The topological polar surface area (TPSA) is 113 Å². The van der Waals surface area contributed by atoms with Crippen molar-refractivity contribution in [3.63, 3.8) is 0 Å². The highest BCUT2D eigenvalue weighted by Crippen LogP contribution is 2.25. The Morgan fingerprint density at radius 2 is 2.30 bits per heavy atom. The van der Waals surface area contributed by atoms with Crippen LogP contribution in [0.2, 0.25) is 0 Å². The minimum atomic E-state index is -0.520. The van der Waals surface area contributed by atoms with Gasteiger partial charge in [0.05, 0.1) is 15.6 Å². The van der Waals surface area contributed by atoms with Gasteiger partial charge in [0.15, 0.2) is 6.61 Å². The van der Waals surface area contributed by atoms with Crippen LogP contribution < -0.4 is 10.2 Å². The predicted octanol–water partition coefficient (Wildman–Crippen LogP) is 3.10. The van der Waals surface area contributed by atoms with Gasteiger partial charge in [-0.3, -0.25) is 15.5 Å². The van der Waals surface area contributed by atoms with Gasteiger partial charge < -0.3 is 4.74 Å². The summed E-state index contributed by atoms with van der Waals surface area (Å²) in [5.74, 6) is 0.952. The molecule has 0 saturated carbocycles. The monoisotopic (exact) mass is 375 g/mol. The molecule has 0 saturated heterocycles. The lowest BCUT2D eigenvalue weighted by molar-refractivity contribution is -0.385. The second-order valence-corrected chi connectivity index (χ2v) is 5.02. The number of nitriles is 1. The predicted molar refractivity (Wildman–Crippen MR) is 87.4 cm³/mol. The lowest BCUT2D eigenvalue weighted by atomic mass is 10.2. The molecule has 0 atom stereocenters. The zero-order chi connectivity index (χ0) is 16.7. The van der Waals surface area contributed by atoms with E-state index in [0.29, 0.717) is 16.0 Å². The first kappa shape index (κ1) is 16.4. The Balaban J connectivity index is 1.99. The van der Waals surface area contributed by atoms with Crippen LogP contribution >= 0.6 is 15.9 Å². The highest BCUT2D eigenvalue weighted by atomic mass is 79.9. The van der Waals surface area contributed by atoms with Gasteiger partial charge >= 0.3 is 0 Å². The van der Waals surface area contributed by atoms with E-state index in [1.54, 1.807) is 24.4 Å². The number of hydrogen-bond donors (Lipinski definition) is 1. The third kappa shape index (κ3) is 4.76. The second-order valence-electron chi connectivity index (χ2n) is 4.17. The zero-order valence-electron chi connectivity index (χ0n) is 11.6. The fraction of sp³-hybridized carbons (Fsp3) is 0.0714. The van der Waals surface area contributed by atoms with Gasteiger partial charge in [-0.05, 0) is 45.8 Å².